The highest BCUT2D eigenvalue weighted by molar-refractivity contribution is 5.83. The predicted octanol–water partition coefficient (Wildman–Crippen LogP) is 3.19. The lowest BCUT2D eigenvalue weighted by Crippen LogP contribution is -2.54. The third-order valence-corrected chi connectivity index (χ3v) is 6.47. The van der Waals surface area contributed by atoms with E-state index in [1.54, 1.807) is 0 Å². The summed E-state index contributed by atoms with van der Waals surface area (Å²) in [5, 5.41) is 3.24. The summed E-state index contributed by atoms with van der Waals surface area (Å²) in [7, 11) is 1.93. The number of hydrogen-bond donors (Lipinski definition) is 1. The van der Waals surface area contributed by atoms with Crippen LogP contribution in [0.4, 0.5) is 0 Å². The molecule has 2 saturated carbocycles. The van der Waals surface area contributed by atoms with Crippen LogP contribution in [0.1, 0.15) is 65.2 Å². The number of rotatable bonds is 3. The van der Waals surface area contributed by atoms with Gasteiger partial charge >= 0.3 is 0 Å². The van der Waals surface area contributed by atoms with Crippen LogP contribution in [-0.2, 0) is 4.79 Å². The molecule has 3 aliphatic rings. The number of nitrogens with one attached hydrogen (secondary N) is 1. The van der Waals surface area contributed by atoms with Crippen LogP contribution in [0.5, 0.6) is 0 Å². The maximum Gasteiger partial charge on any atom is 0.240 e. The first kappa shape index (κ1) is 15.3. The lowest BCUT2D eigenvalue weighted by atomic mass is 9.86. The standard InChI is InChI=1S/C18H32N2O/c1-18(2)9-5-8-16(19-3)17(21)20(18)12-15-11-13-6-4-7-14(15)10-13/h13-16,19H,4-12H2,1-3H3. The molecule has 0 aromatic heterocycles. The van der Waals surface area contributed by atoms with Gasteiger partial charge in [0.25, 0.3) is 0 Å². The van der Waals surface area contributed by atoms with Crippen LogP contribution in [0.25, 0.3) is 0 Å². The highest BCUT2D eigenvalue weighted by atomic mass is 16.2. The summed E-state index contributed by atoms with van der Waals surface area (Å²) < 4.78 is 0. The molecule has 2 aliphatic carbocycles. The van der Waals surface area contributed by atoms with Crippen molar-refractivity contribution in [1.29, 1.82) is 0 Å². The Bertz CT molecular complexity index is 393. The molecule has 120 valence electrons. The van der Waals surface area contributed by atoms with Gasteiger partial charge in [0.2, 0.25) is 5.91 Å². The predicted molar refractivity (Wildman–Crippen MR) is 86.0 cm³/mol. The van der Waals surface area contributed by atoms with Crippen LogP contribution < -0.4 is 5.32 Å². The molecule has 3 heteroatoms. The Morgan fingerprint density at radius 2 is 2.00 bits per heavy atom. The fraction of sp³-hybridized carbons (Fsp3) is 0.944. The maximum atomic E-state index is 12.9. The summed E-state index contributed by atoms with van der Waals surface area (Å²) >= 11 is 0. The van der Waals surface area contributed by atoms with E-state index in [1.807, 2.05) is 7.05 Å². The molecule has 3 nitrogen and oxygen atoms in total. The quantitative estimate of drug-likeness (QED) is 0.866. The fourth-order valence-corrected chi connectivity index (χ4v) is 5.14. The van der Waals surface area contributed by atoms with Crippen molar-refractivity contribution < 1.29 is 4.79 Å². The number of likely N-dealkylation sites (tertiary alicyclic amines) is 1. The summed E-state index contributed by atoms with van der Waals surface area (Å²) in [5.41, 5.74) is 0.0272. The first-order valence-electron chi connectivity index (χ1n) is 9.00. The van der Waals surface area contributed by atoms with E-state index in [1.165, 1.54) is 32.1 Å². The number of amides is 1. The number of carbonyl (C=O) groups excluding carboxylic acids is 1. The molecule has 3 fully saturated rings. The zero-order valence-electron chi connectivity index (χ0n) is 14.0. The summed E-state index contributed by atoms with van der Waals surface area (Å²) in [4.78, 5) is 15.2. The lowest BCUT2D eigenvalue weighted by Gasteiger charge is -2.41. The van der Waals surface area contributed by atoms with Gasteiger partial charge < -0.3 is 10.2 Å². The van der Waals surface area contributed by atoms with Crippen molar-refractivity contribution in [3.8, 4) is 0 Å². The molecule has 3 rings (SSSR count). The smallest absolute Gasteiger partial charge is 0.240 e. The van der Waals surface area contributed by atoms with E-state index in [2.05, 4.69) is 24.1 Å². The number of fused-ring (bicyclic) bond motifs is 2. The van der Waals surface area contributed by atoms with Gasteiger partial charge in [-0.05, 0) is 70.8 Å². The molecule has 2 bridgehead atoms. The SMILES string of the molecule is CNC1CCCC(C)(C)N(CC2CC3CCCC2C3)C1=O. The molecule has 21 heavy (non-hydrogen) atoms. The van der Waals surface area contributed by atoms with E-state index in [0.717, 1.165) is 43.6 Å². The molecule has 0 aromatic rings. The van der Waals surface area contributed by atoms with Gasteiger partial charge in [0.15, 0.2) is 0 Å². The Morgan fingerprint density at radius 1 is 1.19 bits per heavy atom. The first-order chi connectivity index (χ1) is 10.0. The highest BCUT2D eigenvalue weighted by Gasteiger charge is 2.43. The van der Waals surface area contributed by atoms with E-state index in [4.69, 9.17) is 0 Å². The monoisotopic (exact) mass is 292 g/mol. The Morgan fingerprint density at radius 3 is 2.71 bits per heavy atom. The van der Waals surface area contributed by atoms with Crippen molar-refractivity contribution >= 4 is 5.91 Å². The second-order valence-corrected chi connectivity index (χ2v) is 8.28. The minimum atomic E-state index is 0.0272. The van der Waals surface area contributed by atoms with Crippen molar-refractivity contribution in [3.63, 3.8) is 0 Å². The third-order valence-electron chi connectivity index (χ3n) is 6.47. The number of hydrogen-bond acceptors (Lipinski definition) is 2. The van der Waals surface area contributed by atoms with E-state index >= 15 is 0 Å². The Balaban J connectivity index is 1.75. The van der Waals surface area contributed by atoms with Gasteiger partial charge in [0.1, 0.15) is 0 Å². The largest absolute Gasteiger partial charge is 0.336 e. The van der Waals surface area contributed by atoms with Gasteiger partial charge in [-0.15, -0.1) is 0 Å². The summed E-state index contributed by atoms with van der Waals surface area (Å²) in [6, 6.07) is 0.0348. The van der Waals surface area contributed by atoms with Crippen molar-refractivity contribution in [2.24, 2.45) is 17.8 Å². The fourth-order valence-electron chi connectivity index (χ4n) is 5.14. The minimum absolute atomic E-state index is 0.0272. The average molecular weight is 292 g/mol. The Labute approximate surface area is 129 Å². The molecular weight excluding hydrogens is 260 g/mol. The minimum Gasteiger partial charge on any atom is -0.336 e. The maximum absolute atomic E-state index is 12.9. The van der Waals surface area contributed by atoms with Gasteiger partial charge in [-0.1, -0.05) is 19.3 Å². The average Bonchev–Trinajstić information content (AvgIpc) is 2.67. The molecule has 4 atom stereocenters. The second-order valence-electron chi connectivity index (χ2n) is 8.28. The molecule has 1 saturated heterocycles. The van der Waals surface area contributed by atoms with E-state index < -0.39 is 0 Å². The molecule has 1 aliphatic heterocycles. The van der Waals surface area contributed by atoms with E-state index in [9.17, 15) is 4.79 Å². The summed E-state index contributed by atoms with van der Waals surface area (Å²) in [5.74, 6) is 2.96. The summed E-state index contributed by atoms with van der Waals surface area (Å²) in [6.07, 6.45) is 10.3. The van der Waals surface area contributed by atoms with Gasteiger partial charge in [0.05, 0.1) is 6.04 Å². The van der Waals surface area contributed by atoms with E-state index in [0.29, 0.717) is 5.91 Å². The van der Waals surface area contributed by atoms with E-state index in [-0.39, 0.29) is 11.6 Å². The normalized spacial score (nSPS) is 39.4. The van der Waals surface area contributed by atoms with Crippen LogP contribution in [0.3, 0.4) is 0 Å². The molecule has 4 unspecified atom stereocenters. The van der Waals surface area contributed by atoms with Crippen molar-refractivity contribution in [2.75, 3.05) is 13.6 Å². The van der Waals surface area contributed by atoms with Gasteiger partial charge in [-0.2, -0.15) is 0 Å². The Kier molecular flexibility index (Phi) is 4.31. The molecule has 1 N–H and O–H groups in total. The molecule has 0 radical (unpaired) electrons. The van der Waals surface area contributed by atoms with Crippen molar-refractivity contribution in [2.45, 2.75) is 76.8 Å². The van der Waals surface area contributed by atoms with Gasteiger partial charge in [-0.3, -0.25) is 4.79 Å². The second kappa shape index (κ2) is 5.91. The number of likely N-dealkylation sites (N-methyl/N-ethyl adjacent to an activating group) is 1. The molecule has 0 aromatic carbocycles. The molecule has 1 amide bonds. The highest BCUT2D eigenvalue weighted by Crippen LogP contribution is 2.47. The lowest BCUT2D eigenvalue weighted by molar-refractivity contribution is -0.138. The van der Waals surface area contributed by atoms with Crippen LogP contribution >= 0.6 is 0 Å². The van der Waals surface area contributed by atoms with Crippen LogP contribution in [0.15, 0.2) is 0 Å². The molecule has 0 spiro atoms. The van der Waals surface area contributed by atoms with Crippen LogP contribution in [0, 0.1) is 17.8 Å². The molecular formula is C18H32N2O. The summed E-state index contributed by atoms with van der Waals surface area (Å²) in [6.45, 7) is 5.54. The number of carbonyl (C=O) groups is 1. The Hall–Kier alpha value is -0.570. The third kappa shape index (κ3) is 2.99. The first-order valence-corrected chi connectivity index (χ1v) is 9.00. The van der Waals surface area contributed by atoms with Crippen molar-refractivity contribution in [3.05, 3.63) is 0 Å². The molecule has 1 heterocycles. The topological polar surface area (TPSA) is 32.3 Å². The van der Waals surface area contributed by atoms with Crippen molar-refractivity contribution in [1.82, 2.24) is 10.2 Å². The number of nitrogens with zero attached hydrogens (tertiary/aromatic N) is 1. The van der Waals surface area contributed by atoms with Gasteiger partial charge in [-0.25, -0.2) is 0 Å². The van der Waals surface area contributed by atoms with Crippen LogP contribution in [-0.4, -0.2) is 36.0 Å². The van der Waals surface area contributed by atoms with Gasteiger partial charge in [0, 0.05) is 12.1 Å². The van der Waals surface area contributed by atoms with Crippen LogP contribution in [0.2, 0.25) is 0 Å². The zero-order valence-corrected chi connectivity index (χ0v) is 14.0. The zero-order chi connectivity index (χ0) is 15.0.